The Labute approximate surface area is 174 Å². The van der Waals surface area contributed by atoms with Crippen molar-refractivity contribution in [1.29, 1.82) is 0 Å². The average Bonchev–Trinajstić information content (AvgIpc) is 2.72. The summed E-state index contributed by atoms with van der Waals surface area (Å²) in [5.41, 5.74) is 8.11. The van der Waals surface area contributed by atoms with Crippen LogP contribution in [0.2, 0.25) is 0 Å². The molecule has 0 N–H and O–H groups in total. The lowest BCUT2D eigenvalue weighted by Gasteiger charge is -2.18. The van der Waals surface area contributed by atoms with Crippen molar-refractivity contribution in [2.75, 3.05) is 13.1 Å². The van der Waals surface area contributed by atoms with Gasteiger partial charge in [0.25, 0.3) is 0 Å². The van der Waals surface area contributed by atoms with E-state index >= 15 is 0 Å². The molecule has 0 heterocycles. The summed E-state index contributed by atoms with van der Waals surface area (Å²) < 4.78 is 0. The molecular weight excluding hydrogens is 338 g/mol. The topological polar surface area (TPSA) is 3.24 Å². The molecular formula is C27H41N. The smallest absolute Gasteiger partial charge is 0.0245 e. The van der Waals surface area contributed by atoms with Gasteiger partial charge >= 0.3 is 0 Å². The number of rotatable bonds is 16. The Hall–Kier alpha value is -1.78. The Morgan fingerprint density at radius 2 is 1.21 bits per heavy atom. The van der Waals surface area contributed by atoms with Crippen LogP contribution in [0, 0.1) is 0 Å². The second-order valence-corrected chi connectivity index (χ2v) is 7.53. The Kier molecular flexibility index (Phi) is 16.1. The van der Waals surface area contributed by atoms with Crippen LogP contribution in [0.25, 0.3) is 0 Å². The number of benzene rings is 1. The molecule has 1 aromatic carbocycles. The van der Waals surface area contributed by atoms with Crippen molar-refractivity contribution < 1.29 is 0 Å². The van der Waals surface area contributed by atoms with Crippen LogP contribution >= 0.6 is 0 Å². The highest BCUT2D eigenvalue weighted by Gasteiger charge is 2.01. The maximum Gasteiger partial charge on any atom is 0.0245 e. The highest BCUT2D eigenvalue weighted by atomic mass is 15.1. The van der Waals surface area contributed by atoms with Gasteiger partial charge in [-0.1, -0.05) is 82.7 Å². The minimum Gasteiger partial charge on any atom is -0.291 e. The van der Waals surface area contributed by atoms with Crippen molar-refractivity contribution in [1.82, 2.24) is 4.90 Å². The highest BCUT2D eigenvalue weighted by molar-refractivity contribution is 5.14. The van der Waals surface area contributed by atoms with Crippen LogP contribution in [0.5, 0.6) is 0 Å². The van der Waals surface area contributed by atoms with Gasteiger partial charge in [0.1, 0.15) is 0 Å². The van der Waals surface area contributed by atoms with E-state index in [2.05, 4.69) is 84.8 Å². The molecule has 1 rings (SSSR count). The molecule has 0 unspecified atom stereocenters. The summed E-state index contributed by atoms with van der Waals surface area (Å²) in [6.07, 6.45) is 21.6. The van der Waals surface area contributed by atoms with Gasteiger partial charge in [0.2, 0.25) is 0 Å². The van der Waals surface area contributed by atoms with Crippen molar-refractivity contribution in [2.24, 2.45) is 0 Å². The van der Waals surface area contributed by atoms with Gasteiger partial charge in [-0.05, 0) is 55.6 Å². The first kappa shape index (κ1) is 24.3. The number of nitrogens with zero attached hydrogens (tertiary/aromatic N) is 1. The summed E-state index contributed by atoms with van der Waals surface area (Å²) in [6, 6.07) is 10.7. The second-order valence-electron chi connectivity index (χ2n) is 7.53. The number of hydrogen-bond acceptors (Lipinski definition) is 1. The molecule has 0 aliphatic heterocycles. The summed E-state index contributed by atoms with van der Waals surface area (Å²) in [5, 5.41) is 0. The molecule has 0 aromatic heterocycles. The van der Waals surface area contributed by atoms with Crippen molar-refractivity contribution in [3.05, 3.63) is 71.7 Å². The summed E-state index contributed by atoms with van der Waals surface area (Å²) in [5.74, 6) is 0. The van der Waals surface area contributed by atoms with Gasteiger partial charge in [0.05, 0.1) is 0 Å². The predicted molar refractivity (Wildman–Crippen MR) is 125 cm³/mol. The molecule has 0 amide bonds. The quantitative estimate of drug-likeness (QED) is 0.209. The molecule has 1 aromatic rings. The van der Waals surface area contributed by atoms with Crippen LogP contribution in [-0.4, -0.2) is 18.0 Å². The standard InChI is InChI=1S/C27H41N/c1-3-5-7-9-11-13-15-20-24-28(26-27-22-18-17-19-23-27)25-21-16-14-12-10-8-6-4-2/h13-14,17-23H,3-12,24-26H2,1-2H3. The molecule has 0 spiro atoms. The van der Waals surface area contributed by atoms with Crippen LogP contribution in [0.15, 0.2) is 66.1 Å². The predicted octanol–water partition coefficient (Wildman–Crippen LogP) is 7.85. The molecule has 1 heteroatoms. The number of hydrogen-bond donors (Lipinski definition) is 0. The normalized spacial score (nSPS) is 10.2. The molecule has 0 saturated heterocycles. The molecule has 28 heavy (non-hydrogen) atoms. The van der Waals surface area contributed by atoms with Gasteiger partial charge in [-0.2, -0.15) is 0 Å². The summed E-state index contributed by atoms with van der Waals surface area (Å²) in [6.45, 7) is 7.33. The van der Waals surface area contributed by atoms with Crippen LogP contribution in [0.3, 0.4) is 0 Å². The summed E-state index contributed by atoms with van der Waals surface area (Å²) in [4.78, 5) is 2.44. The van der Waals surface area contributed by atoms with Crippen LogP contribution in [-0.2, 0) is 6.54 Å². The fraction of sp³-hybridized carbons (Fsp3) is 0.556. The third-order valence-electron chi connectivity index (χ3n) is 4.82. The summed E-state index contributed by atoms with van der Waals surface area (Å²) >= 11 is 0. The van der Waals surface area contributed by atoms with E-state index in [1.54, 1.807) is 0 Å². The van der Waals surface area contributed by atoms with E-state index in [1.807, 2.05) is 0 Å². The minimum atomic E-state index is 0.926. The van der Waals surface area contributed by atoms with Gasteiger partial charge in [-0.25, -0.2) is 0 Å². The second kappa shape index (κ2) is 18.6. The van der Waals surface area contributed by atoms with E-state index in [-0.39, 0.29) is 0 Å². The molecule has 0 aliphatic carbocycles. The van der Waals surface area contributed by atoms with Gasteiger partial charge in [0.15, 0.2) is 0 Å². The zero-order valence-corrected chi connectivity index (χ0v) is 18.3. The summed E-state index contributed by atoms with van der Waals surface area (Å²) in [7, 11) is 0. The molecule has 0 atom stereocenters. The lowest BCUT2D eigenvalue weighted by atomic mass is 10.1. The first-order chi connectivity index (χ1) is 13.9. The maximum atomic E-state index is 3.38. The third-order valence-corrected chi connectivity index (χ3v) is 4.82. The van der Waals surface area contributed by atoms with Gasteiger partial charge in [-0.15, -0.1) is 11.5 Å². The van der Waals surface area contributed by atoms with Crippen molar-refractivity contribution in [2.45, 2.75) is 84.6 Å². The van der Waals surface area contributed by atoms with Crippen molar-refractivity contribution in [3.8, 4) is 0 Å². The first-order valence-corrected chi connectivity index (χ1v) is 11.4. The maximum absolute atomic E-state index is 3.38. The minimum absolute atomic E-state index is 0.926. The highest BCUT2D eigenvalue weighted by Crippen LogP contribution is 2.06. The molecule has 0 saturated carbocycles. The monoisotopic (exact) mass is 379 g/mol. The van der Waals surface area contributed by atoms with Gasteiger partial charge < -0.3 is 0 Å². The molecule has 0 radical (unpaired) electrons. The Morgan fingerprint density at radius 1 is 0.679 bits per heavy atom. The first-order valence-electron chi connectivity index (χ1n) is 11.4. The molecule has 0 bridgehead atoms. The van der Waals surface area contributed by atoms with Gasteiger partial charge in [0, 0.05) is 19.6 Å². The van der Waals surface area contributed by atoms with E-state index in [0.717, 1.165) is 32.5 Å². The van der Waals surface area contributed by atoms with Crippen LogP contribution in [0.4, 0.5) is 0 Å². The lowest BCUT2D eigenvalue weighted by molar-refractivity contribution is 0.327. The van der Waals surface area contributed by atoms with E-state index < -0.39 is 0 Å². The average molecular weight is 380 g/mol. The van der Waals surface area contributed by atoms with E-state index in [9.17, 15) is 0 Å². The SMILES string of the molecule is CCCCCCC=C=CCN(CC=C=CCCCCCC)Cc1ccccc1. The molecule has 0 fully saturated rings. The molecule has 1 nitrogen and oxygen atoms in total. The Morgan fingerprint density at radius 3 is 1.71 bits per heavy atom. The zero-order chi connectivity index (χ0) is 20.1. The van der Waals surface area contributed by atoms with Crippen molar-refractivity contribution in [3.63, 3.8) is 0 Å². The van der Waals surface area contributed by atoms with E-state index in [4.69, 9.17) is 0 Å². The fourth-order valence-electron chi connectivity index (χ4n) is 3.09. The Balaban J connectivity index is 2.45. The van der Waals surface area contributed by atoms with Crippen LogP contribution in [0.1, 0.15) is 83.6 Å². The molecule has 0 aliphatic rings. The van der Waals surface area contributed by atoms with E-state index in [0.29, 0.717) is 0 Å². The molecule has 154 valence electrons. The van der Waals surface area contributed by atoms with E-state index in [1.165, 1.54) is 56.9 Å². The lowest BCUT2D eigenvalue weighted by Crippen LogP contribution is -2.23. The third kappa shape index (κ3) is 14.3. The largest absolute Gasteiger partial charge is 0.291 e. The van der Waals surface area contributed by atoms with Gasteiger partial charge in [-0.3, -0.25) is 4.90 Å². The Bertz CT molecular complexity index is 552. The zero-order valence-electron chi connectivity index (χ0n) is 18.3. The fourth-order valence-corrected chi connectivity index (χ4v) is 3.09. The van der Waals surface area contributed by atoms with Crippen molar-refractivity contribution >= 4 is 0 Å². The number of unbranched alkanes of at least 4 members (excludes halogenated alkanes) is 8. The van der Waals surface area contributed by atoms with Crippen LogP contribution < -0.4 is 0 Å².